The monoisotopic (exact) mass is 403 g/mol. The number of benzene rings is 2. The van der Waals surface area contributed by atoms with Gasteiger partial charge in [-0.2, -0.15) is 5.10 Å². The summed E-state index contributed by atoms with van der Waals surface area (Å²) in [5, 5.41) is 7.29. The number of hydrogen-bond donors (Lipinski definition) is 1. The van der Waals surface area contributed by atoms with Gasteiger partial charge >= 0.3 is 0 Å². The summed E-state index contributed by atoms with van der Waals surface area (Å²) in [5.74, 6) is -0.0936. The van der Waals surface area contributed by atoms with Crippen molar-refractivity contribution < 1.29 is 4.79 Å². The van der Waals surface area contributed by atoms with E-state index in [9.17, 15) is 4.79 Å². The highest BCUT2D eigenvalue weighted by Gasteiger charge is 2.06. The molecule has 0 radical (unpaired) electrons. The zero-order valence-electron chi connectivity index (χ0n) is 11.7. The van der Waals surface area contributed by atoms with Crippen molar-refractivity contribution >= 4 is 34.2 Å². The zero-order valence-corrected chi connectivity index (χ0v) is 13.9. The molecule has 0 aliphatic heterocycles. The Balaban J connectivity index is 1.65. The van der Waals surface area contributed by atoms with Crippen molar-refractivity contribution in [3.05, 3.63) is 70.4 Å². The molecule has 0 aliphatic rings. The lowest BCUT2D eigenvalue weighted by molar-refractivity contribution is -0.116. The summed E-state index contributed by atoms with van der Waals surface area (Å²) >= 11 is 2.23. The van der Waals surface area contributed by atoms with Gasteiger partial charge in [0.15, 0.2) is 0 Å². The van der Waals surface area contributed by atoms with Gasteiger partial charge in [-0.15, -0.1) is 0 Å². The highest BCUT2D eigenvalue weighted by Crippen LogP contribution is 2.16. The predicted octanol–water partition coefficient (Wildman–Crippen LogP) is 3.79. The third-order valence-corrected chi connectivity index (χ3v) is 3.86. The molecule has 4 nitrogen and oxygen atoms in total. The van der Waals surface area contributed by atoms with Crippen LogP contribution in [-0.4, -0.2) is 15.7 Å². The number of rotatable bonds is 4. The maximum atomic E-state index is 12.0. The number of anilines is 1. The van der Waals surface area contributed by atoms with Crippen LogP contribution in [0.2, 0.25) is 0 Å². The van der Waals surface area contributed by atoms with Crippen LogP contribution in [0, 0.1) is 3.57 Å². The van der Waals surface area contributed by atoms with Crippen molar-refractivity contribution in [1.29, 1.82) is 0 Å². The Labute approximate surface area is 142 Å². The minimum Gasteiger partial charge on any atom is -0.324 e. The van der Waals surface area contributed by atoms with E-state index in [1.54, 1.807) is 4.68 Å². The molecular formula is C17H14IN3O. The maximum absolute atomic E-state index is 12.0. The third kappa shape index (κ3) is 3.73. The van der Waals surface area contributed by atoms with Gasteiger partial charge in [-0.05, 0) is 52.9 Å². The van der Waals surface area contributed by atoms with Gasteiger partial charge in [-0.1, -0.05) is 30.3 Å². The van der Waals surface area contributed by atoms with Gasteiger partial charge in [0.25, 0.3) is 0 Å². The molecule has 1 N–H and O–H groups in total. The minimum absolute atomic E-state index is 0.0936. The molecule has 0 fully saturated rings. The van der Waals surface area contributed by atoms with Crippen LogP contribution in [0.4, 0.5) is 5.69 Å². The molecule has 0 unspecified atom stereocenters. The van der Waals surface area contributed by atoms with E-state index in [2.05, 4.69) is 33.0 Å². The summed E-state index contributed by atoms with van der Waals surface area (Å²) in [5.41, 5.74) is 2.70. The molecule has 0 saturated heterocycles. The number of amides is 1. The van der Waals surface area contributed by atoms with Crippen LogP contribution in [0.15, 0.2) is 66.9 Å². The van der Waals surface area contributed by atoms with Gasteiger partial charge in [-0.3, -0.25) is 9.48 Å². The molecule has 1 amide bonds. The molecule has 1 aromatic heterocycles. The molecule has 0 spiro atoms. The van der Waals surface area contributed by atoms with Crippen LogP contribution < -0.4 is 5.32 Å². The molecule has 0 bridgehead atoms. The second-order valence-electron chi connectivity index (χ2n) is 4.82. The SMILES string of the molecule is O=C(Cn1ccc(-c2ccccc2)n1)Nc1ccc(I)cc1. The molecule has 3 rings (SSSR count). The number of carbonyl (C=O) groups is 1. The first-order valence-electron chi connectivity index (χ1n) is 6.85. The molecule has 0 aliphatic carbocycles. The van der Waals surface area contributed by atoms with Crippen LogP contribution in [0.5, 0.6) is 0 Å². The highest BCUT2D eigenvalue weighted by atomic mass is 127. The molecule has 0 saturated carbocycles. The normalized spacial score (nSPS) is 10.4. The largest absolute Gasteiger partial charge is 0.324 e. The lowest BCUT2D eigenvalue weighted by atomic mass is 10.2. The minimum atomic E-state index is -0.0936. The lowest BCUT2D eigenvalue weighted by Crippen LogP contribution is -2.19. The highest BCUT2D eigenvalue weighted by molar-refractivity contribution is 14.1. The summed E-state index contributed by atoms with van der Waals surface area (Å²) in [6.07, 6.45) is 1.82. The fourth-order valence-electron chi connectivity index (χ4n) is 2.09. The van der Waals surface area contributed by atoms with Crippen LogP contribution in [0.3, 0.4) is 0 Å². The fourth-order valence-corrected chi connectivity index (χ4v) is 2.45. The van der Waals surface area contributed by atoms with Crippen molar-refractivity contribution in [1.82, 2.24) is 9.78 Å². The molecule has 0 atom stereocenters. The summed E-state index contributed by atoms with van der Waals surface area (Å²) in [6, 6.07) is 19.5. The van der Waals surface area contributed by atoms with E-state index in [4.69, 9.17) is 0 Å². The fraction of sp³-hybridized carbons (Fsp3) is 0.0588. The first kappa shape index (κ1) is 14.8. The van der Waals surface area contributed by atoms with Crippen molar-refractivity contribution in [3.8, 4) is 11.3 Å². The van der Waals surface area contributed by atoms with E-state index in [0.717, 1.165) is 20.5 Å². The lowest BCUT2D eigenvalue weighted by Gasteiger charge is -2.05. The Kier molecular flexibility index (Phi) is 4.53. The van der Waals surface area contributed by atoms with Crippen molar-refractivity contribution in [2.24, 2.45) is 0 Å². The predicted molar refractivity (Wildman–Crippen MR) is 95.5 cm³/mol. The quantitative estimate of drug-likeness (QED) is 0.674. The first-order chi connectivity index (χ1) is 10.7. The van der Waals surface area contributed by atoms with E-state index in [-0.39, 0.29) is 12.5 Å². The average Bonchev–Trinajstić information content (AvgIpc) is 2.99. The molecule has 1 heterocycles. The molecular weight excluding hydrogens is 389 g/mol. The van der Waals surface area contributed by atoms with Crippen molar-refractivity contribution in [2.75, 3.05) is 5.32 Å². The molecule has 5 heteroatoms. The second kappa shape index (κ2) is 6.74. The Morgan fingerprint density at radius 2 is 1.77 bits per heavy atom. The summed E-state index contributed by atoms with van der Waals surface area (Å²) in [7, 11) is 0. The topological polar surface area (TPSA) is 46.9 Å². The van der Waals surface area contributed by atoms with Crippen LogP contribution in [0.1, 0.15) is 0 Å². The number of aromatic nitrogens is 2. The van der Waals surface area contributed by atoms with Crippen LogP contribution >= 0.6 is 22.6 Å². The van der Waals surface area contributed by atoms with E-state index >= 15 is 0 Å². The number of carbonyl (C=O) groups excluding carboxylic acids is 1. The van der Waals surface area contributed by atoms with Gasteiger partial charge in [0, 0.05) is 21.0 Å². The van der Waals surface area contributed by atoms with E-state index in [0.29, 0.717) is 0 Å². The zero-order chi connectivity index (χ0) is 15.4. The number of hydrogen-bond acceptors (Lipinski definition) is 2. The van der Waals surface area contributed by atoms with E-state index in [1.807, 2.05) is 66.9 Å². The third-order valence-electron chi connectivity index (χ3n) is 3.14. The molecule has 2 aromatic carbocycles. The van der Waals surface area contributed by atoms with Gasteiger partial charge < -0.3 is 5.32 Å². The van der Waals surface area contributed by atoms with Gasteiger partial charge in [-0.25, -0.2) is 0 Å². The van der Waals surface area contributed by atoms with E-state index in [1.165, 1.54) is 0 Å². The molecule has 22 heavy (non-hydrogen) atoms. The maximum Gasteiger partial charge on any atom is 0.246 e. The Morgan fingerprint density at radius 3 is 2.50 bits per heavy atom. The standard InChI is InChI=1S/C17H14IN3O/c18-14-6-8-15(9-7-14)19-17(22)12-21-11-10-16(20-21)13-4-2-1-3-5-13/h1-11H,12H2,(H,19,22). The number of nitrogens with zero attached hydrogens (tertiary/aromatic N) is 2. The van der Waals surface area contributed by atoms with Gasteiger partial charge in [0.05, 0.1) is 5.69 Å². The summed E-state index contributed by atoms with van der Waals surface area (Å²) in [6.45, 7) is 0.193. The first-order valence-corrected chi connectivity index (χ1v) is 7.93. The number of halogens is 1. The number of nitrogens with one attached hydrogen (secondary N) is 1. The second-order valence-corrected chi connectivity index (χ2v) is 6.07. The Bertz CT molecular complexity index is 766. The average molecular weight is 403 g/mol. The molecule has 110 valence electrons. The summed E-state index contributed by atoms with van der Waals surface area (Å²) < 4.78 is 2.78. The van der Waals surface area contributed by atoms with Crippen molar-refractivity contribution in [3.63, 3.8) is 0 Å². The van der Waals surface area contributed by atoms with Gasteiger partial charge in [0.2, 0.25) is 5.91 Å². The Hall–Kier alpha value is -2.15. The smallest absolute Gasteiger partial charge is 0.246 e. The van der Waals surface area contributed by atoms with Gasteiger partial charge in [0.1, 0.15) is 6.54 Å². The van der Waals surface area contributed by atoms with Crippen LogP contribution in [-0.2, 0) is 11.3 Å². The van der Waals surface area contributed by atoms with E-state index < -0.39 is 0 Å². The van der Waals surface area contributed by atoms with Crippen LogP contribution in [0.25, 0.3) is 11.3 Å². The summed E-state index contributed by atoms with van der Waals surface area (Å²) in [4.78, 5) is 12.0. The Morgan fingerprint density at radius 1 is 1.05 bits per heavy atom. The molecule has 3 aromatic rings. The van der Waals surface area contributed by atoms with Crippen molar-refractivity contribution in [2.45, 2.75) is 6.54 Å².